The van der Waals surface area contributed by atoms with Gasteiger partial charge in [0.25, 0.3) is 10.0 Å². The summed E-state index contributed by atoms with van der Waals surface area (Å²) in [5, 5.41) is 0.430. The Balaban J connectivity index is 2.26. The number of aromatic nitrogens is 2. The van der Waals surface area contributed by atoms with E-state index < -0.39 is 16.0 Å². The maximum Gasteiger partial charge on any atom is 0.269 e. The summed E-state index contributed by atoms with van der Waals surface area (Å²) in [7, 11) is -2.46. The van der Waals surface area contributed by atoms with Crippen LogP contribution in [0.15, 0.2) is 47.5 Å². The molecule has 2 heterocycles. The molecular weight excluding hydrogens is 307 g/mol. The zero-order chi connectivity index (χ0) is 15.9. The summed E-state index contributed by atoms with van der Waals surface area (Å²) in [4.78, 5) is 3.80. The van der Waals surface area contributed by atoms with Crippen molar-refractivity contribution in [3.05, 3.63) is 54.1 Å². The molecule has 0 atom stereocenters. The molecule has 0 amide bonds. The molecule has 114 valence electrons. The van der Waals surface area contributed by atoms with E-state index in [1.54, 1.807) is 12.1 Å². The molecule has 7 heteroatoms. The highest BCUT2D eigenvalue weighted by Gasteiger charge is 2.21. The topological polar surface area (TPSA) is 61.2 Å². The fourth-order valence-electron chi connectivity index (χ4n) is 2.21. The van der Waals surface area contributed by atoms with Gasteiger partial charge < -0.3 is 4.74 Å². The van der Waals surface area contributed by atoms with Crippen LogP contribution in [0.1, 0.15) is 5.56 Å². The van der Waals surface area contributed by atoms with Crippen LogP contribution in [-0.2, 0) is 10.0 Å². The third kappa shape index (κ3) is 2.23. The number of nitrogens with zero attached hydrogens (tertiary/aromatic N) is 2. The van der Waals surface area contributed by atoms with Crippen molar-refractivity contribution in [2.24, 2.45) is 0 Å². The lowest BCUT2D eigenvalue weighted by molar-refractivity contribution is 0.415. The van der Waals surface area contributed by atoms with Gasteiger partial charge in [0, 0.05) is 12.3 Å². The van der Waals surface area contributed by atoms with Crippen molar-refractivity contribution in [1.29, 1.82) is 0 Å². The second kappa shape index (κ2) is 5.10. The van der Waals surface area contributed by atoms with E-state index in [1.165, 1.54) is 31.5 Å². The number of methoxy groups -OCH3 is 1. The lowest BCUT2D eigenvalue weighted by Crippen LogP contribution is -2.12. The number of ether oxygens (including phenoxy) is 1. The average Bonchev–Trinajstić information content (AvgIpc) is 2.91. The number of fused-ring (bicyclic) bond motifs is 1. The predicted molar refractivity (Wildman–Crippen MR) is 80.0 cm³/mol. The number of halogens is 1. The molecule has 0 N–H and O–H groups in total. The summed E-state index contributed by atoms with van der Waals surface area (Å²) < 4.78 is 45.0. The van der Waals surface area contributed by atoms with Gasteiger partial charge in [-0.25, -0.2) is 17.4 Å². The third-order valence-corrected chi connectivity index (χ3v) is 5.03. The molecule has 2 aromatic heterocycles. The predicted octanol–water partition coefficient (Wildman–Crippen LogP) is 2.73. The molecule has 0 spiro atoms. The molecule has 22 heavy (non-hydrogen) atoms. The van der Waals surface area contributed by atoms with E-state index in [2.05, 4.69) is 4.98 Å². The fraction of sp³-hybridized carbons (Fsp3) is 0.133. The number of rotatable bonds is 3. The maximum absolute atomic E-state index is 13.6. The van der Waals surface area contributed by atoms with Gasteiger partial charge in [0.05, 0.1) is 17.4 Å². The number of pyridine rings is 1. The number of hydrogen-bond acceptors (Lipinski definition) is 4. The highest BCUT2D eigenvalue weighted by atomic mass is 32.2. The second-order valence-corrected chi connectivity index (χ2v) is 6.63. The van der Waals surface area contributed by atoms with Gasteiger partial charge >= 0.3 is 0 Å². The van der Waals surface area contributed by atoms with E-state index in [-0.39, 0.29) is 16.3 Å². The van der Waals surface area contributed by atoms with E-state index in [1.807, 2.05) is 6.92 Å². The van der Waals surface area contributed by atoms with Crippen molar-refractivity contribution >= 4 is 21.1 Å². The zero-order valence-corrected chi connectivity index (χ0v) is 12.8. The van der Waals surface area contributed by atoms with E-state index in [0.717, 1.165) is 15.6 Å². The van der Waals surface area contributed by atoms with E-state index in [4.69, 9.17) is 4.74 Å². The minimum absolute atomic E-state index is 0.00238. The van der Waals surface area contributed by atoms with Crippen molar-refractivity contribution in [3.8, 4) is 5.75 Å². The molecular formula is C15H13FN2O3S. The molecule has 0 fully saturated rings. The van der Waals surface area contributed by atoms with Crippen molar-refractivity contribution in [2.75, 3.05) is 7.11 Å². The van der Waals surface area contributed by atoms with E-state index >= 15 is 0 Å². The minimum atomic E-state index is -3.85. The molecule has 1 aromatic carbocycles. The minimum Gasteiger partial charge on any atom is -0.496 e. The first-order valence-corrected chi connectivity index (χ1v) is 7.91. The van der Waals surface area contributed by atoms with Crippen LogP contribution in [0.3, 0.4) is 0 Å². The Morgan fingerprint density at radius 2 is 1.86 bits per heavy atom. The maximum atomic E-state index is 13.6. The first kappa shape index (κ1) is 14.5. The Morgan fingerprint density at radius 3 is 2.50 bits per heavy atom. The number of benzene rings is 1. The lowest BCUT2D eigenvalue weighted by Gasteiger charge is -2.08. The summed E-state index contributed by atoms with van der Waals surface area (Å²) in [5.74, 6) is -0.566. The van der Waals surface area contributed by atoms with Gasteiger partial charge in [-0.3, -0.25) is 0 Å². The van der Waals surface area contributed by atoms with Crippen LogP contribution < -0.4 is 4.74 Å². The van der Waals surface area contributed by atoms with Gasteiger partial charge in [0.2, 0.25) is 5.95 Å². The molecule has 0 saturated heterocycles. The van der Waals surface area contributed by atoms with E-state index in [0.29, 0.717) is 5.39 Å². The Bertz CT molecular complexity index is 947. The van der Waals surface area contributed by atoms with E-state index in [9.17, 15) is 12.8 Å². The van der Waals surface area contributed by atoms with Gasteiger partial charge in [-0.2, -0.15) is 4.39 Å². The molecule has 3 rings (SSSR count). The van der Waals surface area contributed by atoms with Crippen LogP contribution in [0.4, 0.5) is 4.39 Å². The van der Waals surface area contributed by atoms with Crippen molar-refractivity contribution in [1.82, 2.24) is 8.96 Å². The van der Waals surface area contributed by atoms with Crippen LogP contribution in [0.2, 0.25) is 0 Å². The molecule has 0 aliphatic carbocycles. The monoisotopic (exact) mass is 320 g/mol. The Hall–Kier alpha value is -2.41. The van der Waals surface area contributed by atoms with Gasteiger partial charge in [-0.15, -0.1) is 0 Å². The summed E-state index contributed by atoms with van der Waals surface area (Å²) >= 11 is 0. The molecule has 0 bridgehead atoms. The van der Waals surface area contributed by atoms with Crippen LogP contribution in [0.5, 0.6) is 5.75 Å². The zero-order valence-electron chi connectivity index (χ0n) is 11.9. The summed E-state index contributed by atoms with van der Waals surface area (Å²) in [5.41, 5.74) is 0.944. The molecule has 0 unspecified atom stereocenters. The summed E-state index contributed by atoms with van der Waals surface area (Å²) in [6, 6.07) is 9.07. The fourth-order valence-corrected chi connectivity index (χ4v) is 3.51. The second-order valence-electron chi connectivity index (χ2n) is 4.81. The third-order valence-electron chi connectivity index (χ3n) is 3.35. The van der Waals surface area contributed by atoms with Crippen molar-refractivity contribution in [3.63, 3.8) is 0 Å². The Labute approximate surface area is 127 Å². The lowest BCUT2D eigenvalue weighted by atomic mass is 10.2. The normalized spacial score (nSPS) is 11.8. The molecule has 3 aromatic rings. The van der Waals surface area contributed by atoms with Crippen molar-refractivity contribution < 1.29 is 17.5 Å². The summed E-state index contributed by atoms with van der Waals surface area (Å²) in [6.07, 6.45) is 1.34. The highest BCUT2D eigenvalue weighted by molar-refractivity contribution is 7.90. The molecule has 0 aliphatic rings. The van der Waals surface area contributed by atoms with Gasteiger partial charge in [0.1, 0.15) is 5.75 Å². The molecule has 0 radical (unpaired) electrons. The average molecular weight is 320 g/mol. The molecule has 5 nitrogen and oxygen atoms in total. The smallest absolute Gasteiger partial charge is 0.269 e. The standard InChI is InChI=1S/C15H13FN2O3S/c1-10-3-5-11(6-4-10)22(19,20)18-8-7-12-13(21-2)9-14(16)17-15(12)18/h3-9H,1-2H3. The van der Waals surface area contributed by atoms with Crippen LogP contribution in [0, 0.1) is 12.9 Å². The van der Waals surface area contributed by atoms with Crippen LogP contribution >= 0.6 is 0 Å². The van der Waals surface area contributed by atoms with Gasteiger partial charge in [0.15, 0.2) is 5.65 Å². The van der Waals surface area contributed by atoms with Crippen LogP contribution in [-0.4, -0.2) is 24.5 Å². The Morgan fingerprint density at radius 1 is 1.18 bits per heavy atom. The SMILES string of the molecule is COc1cc(F)nc2c1ccn2S(=O)(=O)c1ccc(C)cc1. The summed E-state index contributed by atoms with van der Waals surface area (Å²) in [6.45, 7) is 1.86. The van der Waals surface area contributed by atoms with Gasteiger partial charge in [-0.05, 0) is 25.1 Å². The first-order chi connectivity index (χ1) is 10.4. The highest BCUT2D eigenvalue weighted by Crippen LogP contribution is 2.28. The molecule has 0 saturated carbocycles. The van der Waals surface area contributed by atoms with Crippen molar-refractivity contribution in [2.45, 2.75) is 11.8 Å². The number of hydrogen-bond donors (Lipinski definition) is 0. The quantitative estimate of drug-likeness (QED) is 0.696. The van der Waals surface area contributed by atoms with Gasteiger partial charge in [-0.1, -0.05) is 17.7 Å². The largest absolute Gasteiger partial charge is 0.496 e. The Kier molecular flexibility index (Phi) is 3.37. The number of aryl methyl sites for hydroxylation is 1. The van der Waals surface area contributed by atoms with Crippen LogP contribution in [0.25, 0.3) is 11.0 Å². The first-order valence-electron chi connectivity index (χ1n) is 6.47. The molecule has 0 aliphatic heterocycles.